The molecule has 3 rings (SSSR count). The van der Waals surface area contributed by atoms with Crippen LogP contribution in [0.3, 0.4) is 0 Å². The molecule has 24 heavy (non-hydrogen) atoms. The molecule has 0 radical (unpaired) electrons. The molecule has 0 unspecified atom stereocenters. The summed E-state index contributed by atoms with van der Waals surface area (Å²) in [5.74, 6) is -0.669. The van der Waals surface area contributed by atoms with Gasteiger partial charge in [0.25, 0.3) is 11.8 Å². The Morgan fingerprint density at radius 2 is 1.83 bits per heavy atom. The van der Waals surface area contributed by atoms with E-state index in [0.29, 0.717) is 16.8 Å². The molecule has 2 heterocycles. The Bertz CT molecular complexity index is 881. The van der Waals surface area contributed by atoms with Gasteiger partial charge in [0.1, 0.15) is 5.69 Å². The molecule has 2 aromatic heterocycles. The zero-order valence-electron chi connectivity index (χ0n) is 12.9. The van der Waals surface area contributed by atoms with E-state index >= 15 is 0 Å². The van der Waals surface area contributed by atoms with Crippen LogP contribution in [0.25, 0.3) is 11.6 Å². The summed E-state index contributed by atoms with van der Waals surface area (Å²) < 4.78 is 11.6. The molecule has 0 fully saturated rings. The van der Waals surface area contributed by atoms with Gasteiger partial charge in [-0.1, -0.05) is 5.10 Å². The number of methoxy groups -OCH3 is 1. The summed E-state index contributed by atoms with van der Waals surface area (Å²) in [6, 6.07) is 7.67. The minimum absolute atomic E-state index is 0.0340. The number of carbonyl (C=O) groups excluding carboxylic acids is 2. The monoisotopic (exact) mass is 327 g/mol. The molecule has 0 atom stereocenters. The van der Waals surface area contributed by atoms with Crippen LogP contribution in [0.5, 0.6) is 0 Å². The highest BCUT2D eigenvalue weighted by molar-refractivity contribution is 6.03. The van der Waals surface area contributed by atoms with E-state index in [0.717, 1.165) is 0 Å². The standard InChI is InChI=1S/C15H13N5O4/c1-20-11(7-8-16-20)13-18-19-15(24-13)17-12(21)9-3-5-10(6-4-9)14(22)23-2/h3-8H,1-2H3,(H,17,19,21). The largest absolute Gasteiger partial charge is 0.465 e. The molecule has 0 aliphatic carbocycles. The van der Waals surface area contributed by atoms with Crippen LogP contribution in [-0.4, -0.2) is 39.0 Å². The second kappa shape index (κ2) is 6.32. The third-order valence-electron chi connectivity index (χ3n) is 3.25. The Balaban J connectivity index is 1.72. The molecule has 3 aromatic rings. The highest BCUT2D eigenvalue weighted by atomic mass is 16.5. The van der Waals surface area contributed by atoms with Crippen molar-refractivity contribution in [3.63, 3.8) is 0 Å². The van der Waals surface area contributed by atoms with Gasteiger partial charge in [-0.3, -0.25) is 14.8 Å². The lowest BCUT2D eigenvalue weighted by Gasteiger charge is -2.02. The minimum Gasteiger partial charge on any atom is -0.465 e. The average molecular weight is 327 g/mol. The third kappa shape index (κ3) is 3.00. The lowest BCUT2D eigenvalue weighted by atomic mass is 10.1. The summed E-state index contributed by atoms with van der Waals surface area (Å²) in [5.41, 5.74) is 1.32. The predicted octanol–water partition coefficient (Wildman–Crippen LogP) is 1.51. The van der Waals surface area contributed by atoms with Crippen molar-refractivity contribution in [2.45, 2.75) is 0 Å². The molecular formula is C15H13N5O4. The number of carbonyl (C=O) groups is 2. The zero-order valence-corrected chi connectivity index (χ0v) is 12.9. The summed E-state index contributed by atoms with van der Waals surface area (Å²) in [7, 11) is 3.03. The Kier molecular flexibility index (Phi) is 4.06. The highest BCUT2D eigenvalue weighted by Crippen LogP contribution is 2.19. The molecule has 0 aliphatic rings. The van der Waals surface area contributed by atoms with Crippen LogP contribution >= 0.6 is 0 Å². The predicted molar refractivity (Wildman–Crippen MR) is 82.2 cm³/mol. The van der Waals surface area contributed by atoms with Crippen LogP contribution in [0.4, 0.5) is 6.01 Å². The van der Waals surface area contributed by atoms with E-state index in [2.05, 4.69) is 25.3 Å². The number of anilines is 1. The van der Waals surface area contributed by atoms with Crippen molar-refractivity contribution in [3.8, 4) is 11.6 Å². The molecule has 0 saturated carbocycles. The van der Waals surface area contributed by atoms with E-state index in [1.807, 2.05) is 0 Å². The Morgan fingerprint density at radius 1 is 1.12 bits per heavy atom. The number of hydrogen-bond acceptors (Lipinski definition) is 7. The summed E-state index contributed by atoms with van der Waals surface area (Å²) >= 11 is 0. The van der Waals surface area contributed by atoms with Crippen molar-refractivity contribution in [1.82, 2.24) is 20.0 Å². The van der Waals surface area contributed by atoms with Gasteiger partial charge in [0, 0.05) is 18.8 Å². The lowest BCUT2D eigenvalue weighted by Crippen LogP contribution is -2.12. The smallest absolute Gasteiger partial charge is 0.337 e. The van der Waals surface area contributed by atoms with Crippen molar-refractivity contribution in [2.24, 2.45) is 7.05 Å². The highest BCUT2D eigenvalue weighted by Gasteiger charge is 2.15. The number of nitrogens with one attached hydrogen (secondary N) is 1. The lowest BCUT2D eigenvalue weighted by molar-refractivity contribution is 0.0600. The van der Waals surface area contributed by atoms with E-state index in [1.54, 1.807) is 24.0 Å². The second-order valence-electron chi connectivity index (χ2n) is 4.78. The van der Waals surface area contributed by atoms with Crippen LogP contribution < -0.4 is 5.32 Å². The first-order valence-corrected chi connectivity index (χ1v) is 6.90. The van der Waals surface area contributed by atoms with E-state index in [9.17, 15) is 9.59 Å². The van der Waals surface area contributed by atoms with Crippen molar-refractivity contribution >= 4 is 17.9 Å². The number of hydrogen-bond donors (Lipinski definition) is 1. The number of amides is 1. The van der Waals surface area contributed by atoms with Crippen LogP contribution in [0.15, 0.2) is 40.9 Å². The van der Waals surface area contributed by atoms with Crippen LogP contribution in [-0.2, 0) is 11.8 Å². The quantitative estimate of drug-likeness (QED) is 0.723. The Hall–Kier alpha value is -3.49. The van der Waals surface area contributed by atoms with Gasteiger partial charge >= 0.3 is 12.0 Å². The molecular weight excluding hydrogens is 314 g/mol. The van der Waals surface area contributed by atoms with Gasteiger partial charge in [-0.2, -0.15) is 5.10 Å². The molecule has 9 heteroatoms. The van der Waals surface area contributed by atoms with Gasteiger partial charge in [-0.05, 0) is 30.3 Å². The number of ether oxygens (including phenoxy) is 1. The Labute approximate surface area is 136 Å². The molecule has 9 nitrogen and oxygen atoms in total. The topological polar surface area (TPSA) is 112 Å². The molecule has 0 saturated heterocycles. The van der Waals surface area contributed by atoms with Gasteiger partial charge in [0.15, 0.2) is 0 Å². The number of nitrogens with zero attached hydrogens (tertiary/aromatic N) is 4. The fourth-order valence-electron chi connectivity index (χ4n) is 2.01. The van der Waals surface area contributed by atoms with Gasteiger partial charge in [-0.15, -0.1) is 5.10 Å². The summed E-state index contributed by atoms with van der Waals surface area (Å²) in [5, 5.41) is 14.1. The van der Waals surface area contributed by atoms with Gasteiger partial charge < -0.3 is 9.15 Å². The SMILES string of the molecule is COC(=O)c1ccc(C(=O)Nc2nnc(-c3ccnn3C)o2)cc1. The maximum absolute atomic E-state index is 12.2. The summed E-state index contributed by atoms with van der Waals surface area (Å²) in [6.45, 7) is 0. The van der Waals surface area contributed by atoms with Crippen molar-refractivity contribution in [1.29, 1.82) is 0 Å². The van der Waals surface area contributed by atoms with Gasteiger partial charge in [-0.25, -0.2) is 4.79 Å². The summed E-state index contributed by atoms with van der Waals surface area (Å²) in [6.07, 6.45) is 1.60. The number of esters is 1. The maximum atomic E-state index is 12.2. The second-order valence-corrected chi connectivity index (χ2v) is 4.78. The number of aryl methyl sites for hydroxylation is 1. The number of benzene rings is 1. The fourth-order valence-corrected chi connectivity index (χ4v) is 2.01. The summed E-state index contributed by atoms with van der Waals surface area (Å²) in [4.78, 5) is 23.5. The first kappa shape index (κ1) is 15.4. The van der Waals surface area contributed by atoms with Crippen molar-refractivity contribution in [2.75, 3.05) is 12.4 Å². The van der Waals surface area contributed by atoms with Crippen LogP contribution in [0.2, 0.25) is 0 Å². The van der Waals surface area contributed by atoms with E-state index in [1.165, 1.54) is 31.4 Å². The number of aromatic nitrogens is 4. The van der Waals surface area contributed by atoms with E-state index in [4.69, 9.17) is 4.42 Å². The zero-order chi connectivity index (χ0) is 17.1. The minimum atomic E-state index is -0.473. The van der Waals surface area contributed by atoms with E-state index < -0.39 is 11.9 Å². The van der Waals surface area contributed by atoms with Crippen molar-refractivity contribution < 1.29 is 18.7 Å². The molecule has 1 amide bonds. The van der Waals surface area contributed by atoms with E-state index in [-0.39, 0.29) is 11.9 Å². The van der Waals surface area contributed by atoms with Crippen molar-refractivity contribution in [3.05, 3.63) is 47.7 Å². The fraction of sp³-hybridized carbons (Fsp3) is 0.133. The van der Waals surface area contributed by atoms with Gasteiger partial charge in [0.05, 0.1) is 12.7 Å². The first-order chi connectivity index (χ1) is 11.6. The molecule has 0 bridgehead atoms. The molecule has 122 valence electrons. The maximum Gasteiger partial charge on any atom is 0.337 e. The Morgan fingerprint density at radius 3 is 2.46 bits per heavy atom. The molecule has 0 spiro atoms. The molecule has 1 N–H and O–H groups in total. The van der Waals surface area contributed by atoms with Crippen LogP contribution in [0.1, 0.15) is 20.7 Å². The first-order valence-electron chi connectivity index (χ1n) is 6.90. The average Bonchev–Trinajstić information content (AvgIpc) is 3.22. The number of rotatable bonds is 4. The van der Waals surface area contributed by atoms with Gasteiger partial charge in [0.2, 0.25) is 0 Å². The van der Waals surface area contributed by atoms with Crippen LogP contribution in [0, 0.1) is 0 Å². The molecule has 1 aromatic carbocycles. The normalized spacial score (nSPS) is 10.4. The third-order valence-corrected chi connectivity index (χ3v) is 3.25. The molecule has 0 aliphatic heterocycles.